The molecule has 0 rings (SSSR count). The second-order valence-corrected chi connectivity index (χ2v) is 2.50. The molecule has 0 spiro atoms. The first-order valence-corrected chi connectivity index (χ1v) is 4.03. The minimum absolute atomic E-state index is 0.139. The number of hydrogen-bond donors (Lipinski definition) is 0. The number of rotatable bonds is 6. The van der Waals surface area contributed by atoms with E-state index in [4.69, 9.17) is 0 Å². The van der Waals surface area contributed by atoms with E-state index in [9.17, 15) is 4.79 Å². The standard InChI is InChI=1S/C7H13NO2S/c1-10-7(9)5-3-2-4-6-8-11/h2-6H2,1H3. The van der Waals surface area contributed by atoms with E-state index in [0.717, 1.165) is 25.8 Å². The van der Waals surface area contributed by atoms with Crippen LogP contribution in [0, 0.1) is 0 Å². The molecule has 0 amide bonds. The van der Waals surface area contributed by atoms with Crippen molar-refractivity contribution in [3.8, 4) is 0 Å². The Labute approximate surface area is 72.3 Å². The zero-order valence-electron chi connectivity index (χ0n) is 6.71. The van der Waals surface area contributed by atoms with Gasteiger partial charge in [0.25, 0.3) is 0 Å². The number of ether oxygens (including phenoxy) is 1. The van der Waals surface area contributed by atoms with Crippen LogP contribution in [-0.4, -0.2) is 19.6 Å². The van der Waals surface area contributed by atoms with E-state index in [1.807, 2.05) is 0 Å². The monoisotopic (exact) mass is 175 g/mol. The molecule has 0 N–H and O–H groups in total. The van der Waals surface area contributed by atoms with Crippen molar-refractivity contribution in [3.05, 3.63) is 0 Å². The first-order chi connectivity index (χ1) is 5.31. The van der Waals surface area contributed by atoms with Gasteiger partial charge in [0.05, 0.1) is 13.7 Å². The molecule has 0 aromatic heterocycles. The molecule has 0 radical (unpaired) electrons. The van der Waals surface area contributed by atoms with Gasteiger partial charge in [-0.1, -0.05) is 6.42 Å². The molecule has 0 saturated heterocycles. The molecule has 0 heterocycles. The Morgan fingerprint density at radius 1 is 1.45 bits per heavy atom. The Hall–Kier alpha value is -0.510. The van der Waals surface area contributed by atoms with Crippen molar-refractivity contribution >= 4 is 18.4 Å². The molecule has 0 aromatic carbocycles. The molecule has 11 heavy (non-hydrogen) atoms. The van der Waals surface area contributed by atoms with Crippen molar-refractivity contribution in [2.24, 2.45) is 4.36 Å². The van der Waals surface area contributed by atoms with Crippen molar-refractivity contribution in [3.63, 3.8) is 0 Å². The Bertz CT molecular complexity index is 128. The maximum Gasteiger partial charge on any atom is 0.305 e. The van der Waals surface area contributed by atoms with E-state index >= 15 is 0 Å². The second-order valence-electron chi connectivity index (χ2n) is 2.24. The lowest BCUT2D eigenvalue weighted by molar-refractivity contribution is -0.140. The summed E-state index contributed by atoms with van der Waals surface area (Å²) in [6.45, 7) is 0.719. The Morgan fingerprint density at radius 3 is 2.73 bits per heavy atom. The molecular weight excluding hydrogens is 162 g/mol. The van der Waals surface area contributed by atoms with E-state index < -0.39 is 0 Å². The van der Waals surface area contributed by atoms with Gasteiger partial charge < -0.3 is 4.74 Å². The van der Waals surface area contributed by atoms with Crippen LogP contribution in [-0.2, 0) is 22.0 Å². The van der Waals surface area contributed by atoms with E-state index in [1.165, 1.54) is 7.11 Å². The van der Waals surface area contributed by atoms with Gasteiger partial charge in [-0.2, -0.15) is 0 Å². The van der Waals surface area contributed by atoms with Crippen LogP contribution in [0.1, 0.15) is 25.7 Å². The summed E-state index contributed by atoms with van der Waals surface area (Å²) in [7, 11) is 1.40. The van der Waals surface area contributed by atoms with Crippen LogP contribution >= 0.6 is 0 Å². The molecule has 0 aliphatic rings. The smallest absolute Gasteiger partial charge is 0.305 e. The first-order valence-electron chi connectivity index (χ1n) is 3.67. The van der Waals surface area contributed by atoms with Crippen LogP contribution in [0.3, 0.4) is 0 Å². The summed E-state index contributed by atoms with van der Waals surface area (Å²) in [6.07, 6.45) is 3.35. The maximum atomic E-state index is 10.6. The van der Waals surface area contributed by atoms with Gasteiger partial charge in [-0.05, 0) is 12.8 Å². The SMILES string of the molecule is COC(=O)CCCCCN=S. The van der Waals surface area contributed by atoms with Gasteiger partial charge in [-0.25, -0.2) is 4.36 Å². The van der Waals surface area contributed by atoms with Gasteiger partial charge in [0.2, 0.25) is 0 Å². The fraction of sp³-hybridized carbons (Fsp3) is 0.857. The average molecular weight is 175 g/mol. The van der Waals surface area contributed by atoms with Gasteiger partial charge in [0, 0.05) is 18.8 Å². The highest BCUT2D eigenvalue weighted by Gasteiger charge is 1.97. The highest BCUT2D eigenvalue weighted by Crippen LogP contribution is 2.00. The van der Waals surface area contributed by atoms with Gasteiger partial charge in [-0.3, -0.25) is 4.79 Å². The molecule has 0 aliphatic heterocycles. The fourth-order valence-corrected chi connectivity index (χ4v) is 0.854. The van der Waals surface area contributed by atoms with E-state index in [2.05, 4.69) is 21.5 Å². The van der Waals surface area contributed by atoms with Crippen molar-refractivity contribution in [1.29, 1.82) is 0 Å². The lowest BCUT2D eigenvalue weighted by Crippen LogP contribution is -1.99. The summed E-state index contributed by atoms with van der Waals surface area (Å²) in [5.74, 6) is -0.139. The third-order valence-electron chi connectivity index (χ3n) is 1.36. The number of methoxy groups -OCH3 is 1. The quantitative estimate of drug-likeness (QED) is 0.453. The average Bonchev–Trinajstić information content (AvgIpc) is 2.04. The predicted molar refractivity (Wildman–Crippen MR) is 45.1 cm³/mol. The largest absolute Gasteiger partial charge is 0.469 e. The molecular formula is C7H13NO2S. The molecule has 0 aromatic rings. The molecule has 4 heteroatoms. The number of unbranched alkanes of at least 4 members (excludes halogenated alkanes) is 2. The van der Waals surface area contributed by atoms with Crippen LogP contribution in [0.15, 0.2) is 4.36 Å². The van der Waals surface area contributed by atoms with Crippen molar-refractivity contribution in [2.75, 3.05) is 13.7 Å². The molecule has 0 atom stereocenters. The second kappa shape index (κ2) is 7.60. The number of hydrogen-bond acceptors (Lipinski definition) is 4. The minimum atomic E-state index is -0.139. The van der Waals surface area contributed by atoms with Gasteiger partial charge >= 0.3 is 5.97 Å². The van der Waals surface area contributed by atoms with Gasteiger partial charge in [0.15, 0.2) is 0 Å². The van der Waals surface area contributed by atoms with Crippen LogP contribution in [0.25, 0.3) is 0 Å². The summed E-state index contributed by atoms with van der Waals surface area (Å²) < 4.78 is 8.01. The summed E-state index contributed by atoms with van der Waals surface area (Å²) in [6, 6.07) is 0. The number of nitrogens with zero attached hydrogens (tertiary/aromatic N) is 1. The van der Waals surface area contributed by atoms with Crippen LogP contribution in [0.4, 0.5) is 0 Å². The topological polar surface area (TPSA) is 38.7 Å². The number of esters is 1. The molecule has 0 bridgehead atoms. The third-order valence-corrected chi connectivity index (χ3v) is 1.54. The molecule has 64 valence electrons. The molecule has 0 saturated carbocycles. The third kappa shape index (κ3) is 7.39. The van der Waals surface area contributed by atoms with E-state index in [0.29, 0.717) is 6.42 Å². The van der Waals surface area contributed by atoms with Crippen LogP contribution in [0.5, 0.6) is 0 Å². The molecule has 3 nitrogen and oxygen atoms in total. The zero-order valence-corrected chi connectivity index (χ0v) is 7.52. The molecule has 0 unspecified atom stereocenters. The van der Waals surface area contributed by atoms with Crippen molar-refractivity contribution < 1.29 is 9.53 Å². The fourth-order valence-electron chi connectivity index (χ4n) is 0.725. The Kier molecular flexibility index (Phi) is 7.24. The summed E-state index contributed by atoms with van der Waals surface area (Å²) >= 11 is 4.41. The van der Waals surface area contributed by atoms with Crippen molar-refractivity contribution in [2.45, 2.75) is 25.7 Å². The lowest BCUT2D eigenvalue weighted by Gasteiger charge is -1.97. The maximum absolute atomic E-state index is 10.6. The normalized spacial score (nSPS) is 9.18. The van der Waals surface area contributed by atoms with Crippen molar-refractivity contribution in [1.82, 2.24) is 0 Å². The number of carbonyl (C=O) groups is 1. The lowest BCUT2D eigenvalue weighted by atomic mass is 10.2. The van der Waals surface area contributed by atoms with Crippen LogP contribution in [0.2, 0.25) is 0 Å². The molecule has 0 fully saturated rings. The van der Waals surface area contributed by atoms with E-state index in [1.54, 1.807) is 0 Å². The highest BCUT2D eigenvalue weighted by atomic mass is 32.1. The Morgan fingerprint density at radius 2 is 2.18 bits per heavy atom. The highest BCUT2D eigenvalue weighted by molar-refractivity contribution is 7.47. The Balaban J connectivity index is 3.01. The zero-order chi connectivity index (χ0) is 8.53. The summed E-state index contributed by atoms with van der Waals surface area (Å²) in [4.78, 5) is 10.6. The first kappa shape index (κ1) is 10.5. The van der Waals surface area contributed by atoms with Gasteiger partial charge in [0.1, 0.15) is 0 Å². The predicted octanol–water partition coefficient (Wildman–Crippen LogP) is 1.45. The summed E-state index contributed by atoms with van der Waals surface area (Å²) in [5.41, 5.74) is 0. The minimum Gasteiger partial charge on any atom is -0.469 e. The number of carbonyl (C=O) groups excluding carboxylic acids is 1. The van der Waals surface area contributed by atoms with E-state index in [-0.39, 0.29) is 5.97 Å². The summed E-state index contributed by atoms with van der Waals surface area (Å²) in [5, 5.41) is 0. The van der Waals surface area contributed by atoms with Gasteiger partial charge in [-0.15, -0.1) is 0 Å². The van der Waals surface area contributed by atoms with Crippen LogP contribution < -0.4 is 0 Å². The molecule has 0 aliphatic carbocycles.